The molecular weight excluding hydrogens is 592 g/mol. The molecule has 4 aliphatic heterocycles. The van der Waals surface area contributed by atoms with Crippen LogP contribution in [0, 0.1) is 5.41 Å². The molecule has 4 heterocycles. The molecule has 5 amide bonds. The van der Waals surface area contributed by atoms with Gasteiger partial charge in [0.05, 0.1) is 12.1 Å². The first kappa shape index (κ1) is 29.7. The maximum absolute atomic E-state index is 14.2. The summed E-state index contributed by atoms with van der Waals surface area (Å²) in [4.78, 5) is 70.5. The summed E-state index contributed by atoms with van der Waals surface area (Å²) in [6, 6.07) is 12.1. The fourth-order valence-corrected chi connectivity index (χ4v) is 8.02. The van der Waals surface area contributed by atoms with E-state index in [4.69, 9.17) is 11.6 Å². The van der Waals surface area contributed by atoms with Crippen molar-refractivity contribution in [3.8, 4) is 0 Å². The summed E-state index contributed by atoms with van der Waals surface area (Å²) in [5.74, 6) is -1.07. The second kappa shape index (κ2) is 11.1. The average molecular weight is 629 g/mol. The van der Waals surface area contributed by atoms with Gasteiger partial charge in [0, 0.05) is 47.8 Å². The zero-order valence-electron chi connectivity index (χ0n) is 25.6. The summed E-state index contributed by atoms with van der Waals surface area (Å²) in [7, 11) is 0. The van der Waals surface area contributed by atoms with Crippen molar-refractivity contribution in [2.45, 2.75) is 83.5 Å². The van der Waals surface area contributed by atoms with Crippen molar-refractivity contribution >= 4 is 46.7 Å². The summed E-state index contributed by atoms with van der Waals surface area (Å²) in [6.45, 7) is 5.65. The van der Waals surface area contributed by atoms with Crippen molar-refractivity contribution < 1.29 is 24.0 Å². The molecule has 234 valence electrons. The van der Waals surface area contributed by atoms with Crippen molar-refractivity contribution in [2.75, 3.05) is 13.1 Å². The summed E-state index contributed by atoms with van der Waals surface area (Å²) in [5, 5.41) is 2.99. The highest BCUT2D eigenvalue weighted by atomic mass is 35.5. The van der Waals surface area contributed by atoms with Crippen molar-refractivity contribution in [3.63, 3.8) is 0 Å². The molecule has 0 spiro atoms. The quantitative estimate of drug-likeness (QED) is 0.499. The lowest BCUT2D eigenvalue weighted by Crippen LogP contribution is -2.57. The third kappa shape index (κ3) is 5.35. The number of amides is 5. The Bertz CT molecular complexity index is 1650. The number of rotatable bonds is 4. The highest BCUT2D eigenvalue weighted by Crippen LogP contribution is 2.45. The van der Waals surface area contributed by atoms with Gasteiger partial charge in [0.1, 0.15) is 6.04 Å². The second-order valence-electron chi connectivity index (χ2n) is 13.9. The Labute approximate surface area is 267 Å². The van der Waals surface area contributed by atoms with Crippen LogP contribution in [0.2, 0.25) is 5.02 Å². The zero-order valence-corrected chi connectivity index (χ0v) is 26.4. The molecule has 45 heavy (non-hydrogen) atoms. The van der Waals surface area contributed by atoms with E-state index >= 15 is 0 Å². The lowest BCUT2D eigenvalue weighted by Gasteiger charge is -2.43. The molecule has 0 saturated carbocycles. The maximum Gasteiger partial charge on any atom is 0.255 e. The molecular formula is C35H37ClN4O5. The van der Waals surface area contributed by atoms with Crippen LogP contribution in [0.1, 0.15) is 90.6 Å². The normalized spacial score (nSPS) is 25.9. The summed E-state index contributed by atoms with van der Waals surface area (Å²) in [6.07, 6.45) is 4.69. The number of benzene rings is 2. The van der Waals surface area contributed by atoms with Crippen LogP contribution in [0.5, 0.6) is 0 Å². The molecule has 2 bridgehead atoms. The number of halogens is 1. The van der Waals surface area contributed by atoms with Crippen LogP contribution in [-0.2, 0) is 20.9 Å². The number of carbonyl (C=O) groups is 5. The van der Waals surface area contributed by atoms with Crippen LogP contribution in [0.15, 0.2) is 48.0 Å². The minimum absolute atomic E-state index is 0.0480. The number of piperazine rings is 1. The Hall–Kier alpha value is -3.98. The largest absolute Gasteiger partial charge is 0.335 e. The number of carbonyl (C=O) groups excluding carboxylic acids is 5. The van der Waals surface area contributed by atoms with E-state index in [1.807, 2.05) is 34.1 Å². The van der Waals surface area contributed by atoms with E-state index in [0.29, 0.717) is 34.8 Å². The van der Waals surface area contributed by atoms with E-state index in [9.17, 15) is 24.0 Å². The van der Waals surface area contributed by atoms with Crippen molar-refractivity contribution in [1.82, 2.24) is 20.0 Å². The van der Waals surface area contributed by atoms with Gasteiger partial charge in [-0.1, -0.05) is 37.6 Å². The third-order valence-corrected chi connectivity index (χ3v) is 10.5. The molecule has 0 aromatic heterocycles. The first-order valence-corrected chi connectivity index (χ1v) is 16.2. The van der Waals surface area contributed by atoms with Gasteiger partial charge in [-0.3, -0.25) is 29.3 Å². The van der Waals surface area contributed by atoms with Crippen LogP contribution < -0.4 is 5.32 Å². The number of likely N-dealkylation sites (tertiary alicyclic amines) is 1. The fourth-order valence-electron chi connectivity index (χ4n) is 7.90. The molecule has 3 saturated heterocycles. The van der Waals surface area contributed by atoms with Crippen molar-refractivity contribution in [1.29, 1.82) is 0 Å². The Kier molecular flexibility index (Phi) is 7.34. The molecule has 9 nitrogen and oxygen atoms in total. The molecule has 5 aliphatic rings. The SMILES string of the molecule is CC1(C)CCC(C(=O)N2C3CCC2CN(C(=O)c2ccc4c(c2)CN(C2CCC(=O)NC2=O)C4=O)C3)=C(c2ccc(Cl)cc2)C1. The van der Waals surface area contributed by atoms with Crippen molar-refractivity contribution in [3.05, 3.63) is 75.3 Å². The number of piperidine rings is 1. The number of allylic oxidation sites excluding steroid dienone is 1. The number of nitrogens with one attached hydrogen (secondary N) is 1. The van der Waals surface area contributed by atoms with Gasteiger partial charge in [-0.25, -0.2) is 0 Å². The number of imide groups is 1. The van der Waals surface area contributed by atoms with Gasteiger partial charge in [-0.05, 0) is 91.0 Å². The van der Waals surface area contributed by atoms with Crippen LogP contribution in [0.4, 0.5) is 0 Å². The van der Waals surface area contributed by atoms with Gasteiger partial charge in [0.25, 0.3) is 17.7 Å². The van der Waals surface area contributed by atoms with Crippen molar-refractivity contribution in [2.24, 2.45) is 5.41 Å². The second-order valence-corrected chi connectivity index (χ2v) is 14.3. The molecule has 3 fully saturated rings. The monoisotopic (exact) mass is 628 g/mol. The minimum Gasteiger partial charge on any atom is -0.335 e. The average Bonchev–Trinajstić information content (AvgIpc) is 3.47. The fraction of sp³-hybridized carbons (Fsp3) is 0.457. The van der Waals surface area contributed by atoms with E-state index < -0.39 is 11.9 Å². The number of hydrogen-bond donors (Lipinski definition) is 1. The van der Waals surface area contributed by atoms with Crippen LogP contribution in [0.25, 0.3) is 5.57 Å². The number of hydrogen-bond acceptors (Lipinski definition) is 5. The van der Waals surface area contributed by atoms with E-state index in [2.05, 4.69) is 19.2 Å². The maximum atomic E-state index is 14.2. The highest BCUT2D eigenvalue weighted by Gasteiger charge is 2.46. The summed E-state index contributed by atoms with van der Waals surface area (Å²) in [5.41, 5.74) is 4.81. The smallest absolute Gasteiger partial charge is 0.255 e. The predicted molar refractivity (Wildman–Crippen MR) is 168 cm³/mol. The summed E-state index contributed by atoms with van der Waals surface area (Å²) < 4.78 is 0. The van der Waals surface area contributed by atoms with E-state index in [1.54, 1.807) is 18.2 Å². The molecule has 2 aromatic rings. The van der Waals surface area contributed by atoms with Gasteiger partial charge in [0.2, 0.25) is 11.8 Å². The number of nitrogens with zero attached hydrogens (tertiary/aromatic N) is 3. The molecule has 2 aromatic carbocycles. The molecule has 0 radical (unpaired) electrons. The van der Waals surface area contributed by atoms with Crippen LogP contribution in [0.3, 0.4) is 0 Å². The molecule has 10 heteroatoms. The minimum atomic E-state index is -0.700. The van der Waals surface area contributed by atoms with E-state index in [0.717, 1.165) is 48.8 Å². The van der Waals surface area contributed by atoms with E-state index in [-0.39, 0.29) is 60.5 Å². The summed E-state index contributed by atoms with van der Waals surface area (Å²) >= 11 is 6.17. The molecule has 1 aliphatic carbocycles. The molecule has 1 N–H and O–H groups in total. The van der Waals surface area contributed by atoms with Gasteiger partial charge in [-0.2, -0.15) is 0 Å². The topological polar surface area (TPSA) is 107 Å². The third-order valence-electron chi connectivity index (χ3n) is 10.3. The Balaban J connectivity index is 1.08. The molecule has 3 atom stereocenters. The van der Waals surface area contributed by atoms with Gasteiger partial charge in [0.15, 0.2) is 0 Å². The van der Waals surface area contributed by atoms with Gasteiger partial charge >= 0.3 is 0 Å². The first-order valence-electron chi connectivity index (χ1n) is 15.9. The first-order chi connectivity index (χ1) is 21.5. The van der Waals surface area contributed by atoms with Crippen LogP contribution in [-0.4, -0.2) is 75.5 Å². The Morgan fingerprint density at radius 2 is 1.62 bits per heavy atom. The molecule has 7 rings (SSSR count). The predicted octanol–water partition coefficient (Wildman–Crippen LogP) is 4.58. The van der Waals surface area contributed by atoms with Crippen LogP contribution >= 0.6 is 11.6 Å². The Morgan fingerprint density at radius 1 is 0.911 bits per heavy atom. The van der Waals surface area contributed by atoms with Gasteiger partial charge < -0.3 is 14.7 Å². The number of fused-ring (bicyclic) bond motifs is 3. The highest BCUT2D eigenvalue weighted by molar-refractivity contribution is 6.30. The standard InChI is InChI=1S/C35H37ClN4O5/c1-35(2)14-13-27(28(16-35)20-3-6-23(36)7-4-20)34(45)40-24-8-9-25(40)19-38(18-24)32(43)21-5-10-26-22(15-21)17-39(33(26)44)29-11-12-30(41)37-31(29)42/h3-7,10,15,24-25,29H,8-9,11-14,16-19H2,1-2H3,(H,37,41,42). The molecule has 3 unspecified atom stereocenters. The van der Waals surface area contributed by atoms with E-state index in [1.165, 1.54) is 4.90 Å². The lowest BCUT2D eigenvalue weighted by molar-refractivity contribution is -0.137. The lowest BCUT2D eigenvalue weighted by atomic mass is 9.72. The van der Waals surface area contributed by atoms with Gasteiger partial charge in [-0.15, -0.1) is 0 Å². The zero-order chi connectivity index (χ0) is 31.6. The Morgan fingerprint density at radius 3 is 2.31 bits per heavy atom.